The molecule has 210 valence electrons. The van der Waals surface area contributed by atoms with Crippen LogP contribution in [-0.2, 0) is 6.42 Å². The molecule has 1 aromatic rings. The van der Waals surface area contributed by atoms with Crippen molar-refractivity contribution in [1.82, 2.24) is 0 Å². The Morgan fingerprint density at radius 1 is 0.838 bits per heavy atom. The predicted molar refractivity (Wildman–Crippen MR) is 169 cm³/mol. The van der Waals surface area contributed by atoms with Crippen molar-refractivity contribution < 1.29 is 8.85 Å². The van der Waals surface area contributed by atoms with Crippen molar-refractivity contribution >= 4 is 16.6 Å². The van der Waals surface area contributed by atoms with Gasteiger partial charge in [-0.05, 0) is 99.4 Å². The van der Waals surface area contributed by atoms with E-state index in [1.165, 1.54) is 41.5 Å². The fourth-order valence-electron chi connectivity index (χ4n) is 6.18. The van der Waals surface area contributed by atoms with Gasteiger partial charge in [0.05, 0.1) is 0 Å². The molecule has 0 bridgehead atoms. The molecule has 1 aliphatic carbocycles. The zero-order valence-electron chi connectivity index (χ0n) is 25.9. The number of hydrogen-bond acceptors (Lipinski definition) is 2. The lowest BCUT2D eigenvalue weighted by Crippen LogP contribution is -2.41. The largest absolute Gasteiger partial charge is 0.543 e. The molecular formula is C33H58O2Si2. The van der Waals surface area contributed by atoms with Gasteiger partial charge in [0, 0.05) is 11.5 Å². The lowest BCUT2D eigenvalue weighted by molar-refractivity contribution is 0.441. The van der Waals surface area contributed by atoms with Gasteiger partial charge < -0.3 is 8.85 Å². The van der Waals surface area contributed by atoms with Crippen LogP contribution in [0.25, 0.3) is 0 Å². The third kappa shape index (κ3) is 7.88. The molecule has 0 fully saturated rings. The molecule has 2 nitrogen and oxygen atoms in total. The van der Waals surface area contributed by atoms with Crippen LogP contribution in [0.2, 0.25) is 36.3 Å². The van der Waals surface area contributed by atoms with Crippen molar-refractivity contribution in [2.45, 2.75) is 143 Å². The van der Waals surface area contributed by atoms with E-state index in [1.807, 2.05) is 0 Å². The fourth-order valence-corrected chi connectivity index (χ4v) is 11.3. The summed E-state index contributed by atoms with van der Waals surface area (Å²) in [5.41, 5.74) is 5.49. The summed E-state index contributed by atoms with van der Waals surface area (Å²) in [7, 11) is -3.75. The second kappa shape index (κ2) is 14.8. The quantitative estimate of drug-likeness (QED) is 0.117. The van der Waals surface area contributed by atoms with Crippen molar-refractivity contribution in [3.05, 3.63) is 47.1 Å². The van der Waals surface area contributed by atoms with Gasteiger partial charge in [0.2, 0.25) is 16.6 Å². The predicted octanol–water partition coefficient (Wildman–Crippen LogP) is 11.2. The number of allylic oxidation sites excluding steroid dienone is 3. The highest BCUT2D eigenvalue weighted by atomic mass is 28.4. The Hall–Kier alpha value is -1.27. The molecule has 0 aliphatic heterocycles. The molecular weight excluding hydrogens is 485 g/mol. The Morgan fingerprint density at radius 2 is 1.32 bits per heavy atom. The summed E-state index contributed by atoms with van der Waals surface area (Å²) in [6.07, 6.45) is 9.68. The maximum absolute atomic E-state index is 7.32. The van der Waals surface area contributed by atoms with E-state index < -0.39 is 16.6 Å². The van der Waals surface area contributed by atoms with Crippen LogP contribution in [-0.4, -0.2) is 16.6 Å². The third-order valence-corrected chi connectivity index (χ3v) is 18.5. The molecule has 0 aromatic heterocycles. The molecule has 0 spiro atoms. The molecule has 0 saturated heterocycles. The Labute approximate surface area is 232 Å². The molecule has 2 rings (SSSR count). The zero-order valence-corrected chi connectivity index (χ0v) is 27.9. The summed E-state index contributed by atoms with van der Waals surface area (Å²) >= 11 is 0. The van der Waals surface area contributed by atoms with Gasteiger partial charge in [0.1, 0.15) is 11.5 Å². The van der Waals surface area contributed by atoms with Gasteiger partial charge in [0.25, 0.3) is 0 Å². The first-order valence-electron chi connectivity index (χ1n) is 15.5. The van der Waals surface area contributed by atoms with Crippen LogP contribution in [0.1, 0.15) is 111 Å². The average molecular weight is 543 g/mol. The topological polar surface area (TPSA) is 18.5 Å². The van der Waals surface area contributed by atoms with E-state index in [1.54, 1.807) is 0 Å². The lowest BCUT2D eigenvalue weighted by atomic mass is 9.73. The van der Waals surface area contributed by atoms with Crippen LogP contribution in [0.5, 0.6) is 11.5 Å². The highest BCUT2D eigenvalue weighted by Crippen LogP contribution is 2.49. The van der Waals surface area contributed by atoms with E-state index >= 15 is 0 Å². The zero-order chi connectivity index (χ0) is 27.6. The monoisotopic (exact) mass is 542 g/mol. The first-order valence-corrected chi connectivity index (χ1v) is 20.6. The van der Waals surface area contributed by atoms with Crippen LogP contribution in [0.15, 0.2) is 35.9 Å². The van der Waals surface area contributed by atoms with Gasteiger partial charge >= 0.3 is 0 Å². The molecule has 0 heterocycles. The Balaban J connectivity index is 2.85. The number of benzene rings is 1. The first-order chi connectivity index (χ1) is 17.7. The highest BCUT2D eigenvalue weighted by Gasteiger charge is 2.38. The minimum atomic E-state index is -1.87. The van der Waals surface area contributed by atoms with E-state index in [4.69, 9.17) is 8.85 Å². The summed E-state index contributed by atoms with van der Waals surface area (Å²) in [5.74, 6) is 2.97. The van der Waals surface area contributed by atoms with E-state index in [9.17, 15) is 0 Å². The summed E-state index contributed by atoms with van der Waals surface area (Å²) in [6, 6.07) is 11.7. The maximum Gasteiger partial charge on any atom is 0.250 e. The van der Waals surface area contributed by atoms with Gasteiger partial charge in [0.15, 0.2) is 0 Å². The van der Waals surface area contributed by atoms with Gasteiger partial charge in [-0.2, -0.15) is 0 Å². The van der Waals surface area contributed by atoms with Crippen LogP contribution in [0.4, 0.5) is 0 Å². The number of rotatable bonds is 16. The standard InChI is InChI=1S/C33H58O2Si2/c1-11-18-19-20-28-24-31(34-36(12-2,13-3)14-4)33(30-23-27(10)21-22-29(30)26(8)9)32(25-28)35-37(15-5,16-6)17-7/h23-25,29-30H,8,11-22H2,1-7,9-10H3/t29-,30+/m1/s1. The second-order valence-corrected chi connectivity index (χ2v) is 21.1. The minimum Gasteiger partial charge on any atom is -0.543 e. The molecule has 1 aromatic carbocycles. The van der Waals surface area contributed by atoms with Gasteiger partial charge in [-0.1, -0.05) is 85.1 Å². The molecule has 37 heavy (non-hydrogen) atoms. The lowest BCUT2D eigenvalue weighted by Gasteiger charge is -2.38. The summed E-state index contributed by atoms with van der Waals surface area (Å²) in [4.78, 5) is 0. The molecule has 0 radical (unpaired) electrons. The Morgan fingerprint density at radius 3 is 1.73 bits per heavy atom. The number of unbranched alkanes of at least 4 members (excludes halogenated alkanes) is 2. The fraction of sp³-hybridized carbons (Fsp3) is 0.697. The average Bonchev–Trinajstić information content (AvgIpc) is 2.90. The Bertz CT molecular complexity index is 836. The van der Waals surface area contributed by atoms with Crippen molar-refractivity contribution in [2.75, 3.05) is 0 Å². The van der Waals surface area contributed by atoms with Gasteiger partial charge in [-0.3, -0.25) is 0 Å². The van der Waals surface area contributed by atoms with Gasteiger partial charge in [-0.25, -0.2) is 0 Å². The SMILES string of the molecule is C=C(C)[C@H]1CCC(C)=C[C@@H]1c1c(O[Si](CC)(CC)CC)cc(CCCCC)cc1O[Si](CC)(CC)CC. The summed E-state index contributed by atoms with van der Waals surface area (Å²) in [6.45, 7) is 25.3. The van der Waals surface area contributed by atoms with Crippen LogP contribution in [0, 0.1) is 5.92 Å². The van der Waals surface area contributed by atoms with Crippen LogP contribution < -0.4 is 8.85 Å². The number of aryl methyl sites for hydroxylation is 1. The van der Waals surface area contributed by atoms with E-state index in [-0.39, 0.29) is 5.92 Å². The minimum absolute atomic E-state index is 0.274. The molecule has 0 unspecified atom stereocenters. The first kappa shape index (κ1) is 31.9. The molecule has 0 amide bonds. The maximum atomic E-state index is 7.32. The van der Waals surface area contributed by atoms with Crippen molar-refractivity contribution in [2.24, 2.45) is 5.92 Å². The third-order valence-electron chi connectivity index (χ3n) is 9.47. The van der Waals surface area contributed by atoms with Gasteiger partial charge in [-0.15, -0.1) is 0 Å². The molecule has 2 atom stereocenters. The van der Waals surface area contributed by atoms with Crippen LogP contribution >= 0.6 is 0 Å². The van der Waals surface area contributed by atoms with E-state index in [0.717, 1.165) is 67.0 Å². The highest BCUT2D eigenvalue weighted by molar-refractivity contribution is 6.74. The normalized spacial score (nSPS) is 18.5. The van der Waals surface area contributed by atoms with Crippen LogP contribution in [0.3, 0.4) is 0 Å². The van der Waals surface area contributed by atoms with Crippen molar-refractivity contribution in [3.63, 3.8) is 0 Å². The summed E-state index contributed by atoms with van der Waals surface area (Å²) in [5, 5.41) is 0. The Kier molecular flexibility index (Phi) is 12.8. The smallest absolute Gasteiger partial charge is 0.250 e. The van der Waals surface area contributed by atoms with E-state index in [0.29, 0.717) is 5.92 Å². The summed E-state index contributed by atoms with van der Waals surface area (Å²) < 4.78 is 14.6. The molecule has 0 saturated carbocycles. The molecule has 4 heteroatoms. The second-order valence-electron chi connectivity index (χ2n) is 11.7. The van der Waals surface area contributed by atoms with Crippen molar-refractivity contribution in [1.29, 1.82) is 0 Å². The van der Waals surface area contributed by atoms with E-state index in [2.05, 4.69) is 87.1 Å². The molecule has 1 aliphatic rings. The molecule has 0 N–H and O–H groups in total. The number of hydrogen-bond donors (Lipinski definition) is 0. The van der Waals surface area contributed by atoms with Crippen molar-refractivity contribution in [3.8, 4) is 11.5 Å².